The van der Waals surface area contributed by atoms with Crippen molar-refractivity contribution in [3.05, 3.63) is 54.3 Å². The Bertz CT molecular complexity index is 542. The summed E-state index contributed by atoms with van der Waals surface area (Å²) in [7, 11) is 0. The van der Waals surface area contributed by atoms with Gasteiger partial charge in [-0.05, 0) is 35.4 Å². The Hall–Kier alpha value is -2.25. The number of nitrogens with zero attached hydrogens (tertiary/aromatic N) is 1. The SMILES string of the molecule is O=C=Nc1cccc(-c2ccc(F)cc2)c1. The van der Waals surface area contributed by atoms with Crippen molar-refractivity contribution in [2.24, 2.45) is 4.99 Å². The minimum atomic E-state index is -0.272. The number of benzene rings is 2. The minimum absolute atomic E-state index is 0.272. The highest BCUT2D eigenvalue weighted by Gasteiger charge is 1.98. The molecule has 0 saturated carbocycles. The van der Waals surface area contributed by atoms with Crippen LogP contribution in [0, 0.1) is 5.82 Å². The van der Waals surface area contributed by atoms with Crippen molar-refractivity contribution in [1.29, 1.82) is 0 Å². The summed E-state index contributed by atoms with van der Waals surface area (Å²) in [6.07, 6.45) is 1.49. The van der Waals surface area contributed by atoms with Crippen LogP contribution in [0.5, 0.6) is 0 Å². The molecule has 78 valence electrons. The summed E-state index contributed by atoms with van der Waals surface area (Å²) in [5.41, 5.74) is 2.30. The molecule has 2 nitrogen and oxygen atoms in total. The zero-order chi connectivity index (χ0) is 11.4. The number of carbonyl (C=O) groups excluding carboxylic acids is 1. The van der Waals surface area contributed by atoms with E-state index in [-0.39, 0.29) is 5.82 Å². The molecule has 0 saturated heterocycles. The fourth-order valence-corrected chi connectivity index (χ4v) is 1.45. The van der Waals surface area contributed by atoms with E-state index in [9.17, 15) is 9.18 Å². The van der Waals surface area contributed by atoms with Gasteiger partial charge in [-0.15, -0.1) is 0 Å². The normalized spacial score (nSPS) is 9.56. The maximum Gasteiger partial charge on any atom is 0.240 e. The third-order valence-electron chi connectivity index (χ3n) is 2.20. The first kappa shape index (κ1) is 10.3. The quantitative estimate of drug-likeness (QED) is 0.554. The van der Waals surface area contributed by atoms with Crippen LogP contribution in [0.2, 0.25) is 0 Å². The molecule has 2 aromatic carbocycles. The van der Waals surface area contributed by atoms with E-state index >= 15 is 0 Å². The predicted molar refractivity (Wildman–Crippen MR) is 59.6 cm³/mol. The summed E-state index contributed by atoms with van der Waals surface area (Å²) in [5.74, 6) is -0.272. The van der Waals surface area contributed by atoms with Gasteiger partial charge in [-0.3, -0.25) is 0 Å². The number of aliphatic imine (C=N–C) groups is 1. The third kappa shape index (κ3) is 2.22. The van der Waals surface area contributed by atoms with Gasteiger partial charge in [0.05, 0.1) is 5.69 Å². The lowest BCUT2D eigenvalue weighted by molar-refractivity contribution is 0.565. The van der Waals surface area contributed by atoms with Gasteiger partial charge in [-0.1, -0.05) is 24.3 Å². The summed E-state index contributed by atoms with van der Waals surface area (Å²) < 4.78 is 12.7. The lowest BCUT2D eigenvalue weighted by atomic mass is 10.1. The molecular formula is C13H8FNO. The molecule has 0 bridgehead atoms. The summed E-state index contributed by atoms with van der Waals surface area (Å²) in [4.78, 5) is 13.7. The Balaban J connectivity index is 2.43. The second-order valence-corrected chi connectivity index (χ2v) is 3.26. The van der Waals surface area contributed by atoms with Crippen LogP contribution in [0.3, 0.4) is 0 Å². The Morgan fingerprint density at radius 3 is 2.44 bits per heavy atom. The van der Waals surface area contributed by atoms with Gasteiger partial charge in [-0.2, -0.15) is 4.99 Å². The molecule has 0 heterocycles. The fourth-order valence-electron chi connectivity index (χ4n) is 1.45. The number of rotatable bonds is 2. The van der Waals surface area contributed by atoms with Crippen LogP contribution in [0.25, 0.3) is 11.1 Å². The van der Waals surface area contributed by atoms with Gasteiger partial charge < -0.3 is 0 Å². The zero-order valence-electron chi connectivity index (χ0n) is 8.35. The predicted octanol–water partition coefficient (Wildman–Crippen LogP) is 3.46. The van der Waals surface area contributed by atoms with Gasteiger partial charge in [-0.25, -0.2) is 9.18 Å². The van der Waals surface area contributed by atoms with Gasteiger partial charge >= 0.3 is 0 Å². The van der Waals surface area contributed by atoms with Crippen LogP contribution >= 0.6 is 0 Å². The minimum Gasteiger partial charge on any atom is -0.211 e. The van der Waals surface area contributed by atoms with Crippen molar-refractivity contribution >= 4 is 11.8 Å². The summed E-state index contributed by atoms with van der Waals surface area (Å²) in [6, 6.07) is 13.3. The first-order valence-corrected chi connectivity index (χ1v) is 4.73. The Labute approximate surface area is 92.1 Å². The van der Waals surface area contributed by atoms with Crippen molar-refractivity contribution in [2.75, 3.05) is 0 Å². The molecule has 16 heavy (non-hydrogen) atoms. The Morgan fingerprint density at radius 1 is 1.00 bits per heavy atom. The first-order chi connectivity index (χ1) is 7.79. The zero-order valence-corrected chi connectivity index (χ0v) is 8.35. The van der Waals surface area contributed by atoms with Gasteiger partial charge in [0, 0.05) is 0 Å². The molecule has 0 spiro atoms. The molecule has 0 aliphatic carbocycles. The van der Waals surface area contributed by atoms with Crippen molar-refractivity contribution < 1.29 is 9.18 Å². The maximum atomic E-state index is 12.7. The molecule has 0 unspecified atom stereocenters. The molecule has 2 aromatic rings. The average molecular weight is 213 g/mol. The van der Waals surface area contributed by atoms with E-state index in [1.165, 1.54) is 18.2 Å². The topological polar surface area (TPSA) is 29.4 Å². The number of halogens is 1. The van der Waals surface area contributed by atoms with Gasteiger partial charge in [0.25, 0.3) is 0 Å². The number of isocyanates is 1. The molecule has 0 atom stereocenters. The van der Waals surface area contributed by atoms with Gasteiger partial charge in [0.15, 0.2) is 0 Å². The van der Waals surface area contributed by atoms with Crippen molar-refractivity contribution in [3.63, 3.8) is 0 Å². The van der Waals surface area contributed by atoms with Gasteiger partial charge in [0.2, 0.25) is 6.08 Å². The van der Waals surface area contributed by atoms with Crippen LogP contribution in [-0.4, -0.2) is 6.08 Å². The Morgan fingerprint density at radius 2 is 1.75 bits per heavy atom. The lowest BCUT2D eigenvalue weighted by Crippen LogP contribution is -1.78. The van der Waals surface area contributed by atoms with E-state index in [1.54, 1.807) is 30.3 Å². The second kappa shape index (κ2) is 4.51. The maximum absolute atomic E-state index is 12.7. The highest BCUT2D eigenvalue weighted by Crippen LogP contribution is 2.23. The lowest BCUT2D eigenvalue weighted by Gasteiger charge is -2.01. The van der Waals surface area contributed by atoms with Crippen LogP contribution in [0.1, 0.15) is 0 Å². The molecule has 0 aliphatic heterocycles. The van der Waals surface area contributed by atoms with Crippen LogP contribution < -0.4 is 0 Å². The Kier molecular flexibility index (Phi) is 2.90. The van der Waals surface area contributed by atoms with Crippen molar-refractivity contribution in [3.8, 4) is 11.1 Å². The summed E-state index contributed by atoms with van der Waals surface area (Å²) >= 11 is 0. The summed E-state index contributed by atoms with van der Waals surface area (Å²) in [5, 5.41) is 0. The fraction of sp³-hybridized carbons (Fsp3) is 0. The van der Waals surface area contributed by atoms with E-state index in [2.05, 4.69) is 4.99 Å². The molecule has 2 rings (SSSR count). The molecule has 0 N–H and O–H groups in total. The van der Waals surface area contributed by atoms with E-state index in [4.69, 9.17) is 0 Å². The molecule has 0 aliphatic rings. The molecule has 0 aromatic heterocycles. The highest BCUT2D eigenvalue weighted by molar-refractivity contribution is 5.67. The summed E-state index contributed by atoms with van der Waals surface area (Å²) in [6.45, 7) is 0. The van der Waals surface area contributed by atoms with E-state index in [0.29, 0.717) is 5.69 Å². The third-order valence-corrected chi connectivity index (χ3v) is 2.20. The molecule has 0 radical (unpaired) electrons. The second-order valence-electron chi connectivity index (χ2n) is 3.26. The number of hydrogen-bond donors (Lipinski definition) is 0. The van der Waals surface area contributed by atoms with Crippen molar-refractivity contribution in [1.82, 2.24) is 0 Å². The molecule has 0 amide bonds. The standard InChI is InChI=1S/C13H8FNO/c14-12-6-4-10(5-7-12)11-2-1-3-13(8-11)15-9-16/h1-8H. The molecular weight excluding hydrogens is 205 g/mol. The highest BCUT2D eigenvalue weighted by atomic mass is 19.1. The van der Waals surface area contributed by atoms with E-state index in [1.807, 2.05) is 6.07 Å². The van der Waals surface area contributed by atoms with Crippen LogP contribution in [-0.2, 0) is 4.79 Å². The van der Waals surface area contributed by atoms with Crippen LogP contribution in [0.15, 0.2) is 53.5 Å². The van der Waals surface area contributed by atoms with Crippen LogP contribution in [0.4, 0.5) is 10.1 Å². The molecule has 0 fully saturated rings. The molecule has 3 heteroatoms. The average Bonchev–Trinajstić information content (AvgIpc) is 2.31. The smallest absolute Gasteiger partial charge is 0.211 e. The van der Waals surface area contributed by atoms with Gasteiger partial charge in [0.1, 0.15) is 5.82 Å². The monoisotopic (exact) mass is 213 g/mol. The first-order valence-electron chi connectivity index (χ1n) is 4.73. The van der Waals surface area contributed by atoms with E-state index in [0.717, 1.165) is 11.1 Å². The largest absolute Gasteiger partial charge is 0.240 e. The van der Waals surface area contributed by atoms with E-state index < -0.39 is 0 Å². The van der Waals surface area contributed by atoms with Crippen molar-refractivity contribution in [2.45, 2.75) is 0 Å². The number of hydrogen-bond acceptors (Lipinski definition) is 2.